The molecule has 0 aliphatic heterocycles. The Morgan fingerprint density at radius 1 is 1.37 bits per heavy atom. The zero-order chi connectivity index (χ0) is 14.6. The largest absolute Gasteiger partial charge is 0.354 e. The maximum atomic E-state index is 12.5. The Balaban J connectivity index is 2.84. The standard InChI is InChI=1S/C13H24F2N4/c1-9(2)6-16-7-11-10(3)17-19(5)13(11)18(4)8-12(14)15/h9,12,16H,6-8H2,1-5H3. The van der Waals surface area contributed by atoms with E-state index in [1.807, 2.05) is 6.92 Å². The summed E-state index contributed by atoms with van der Waals surface area (Å²) in [4.78, 5) is 1.57. The molecule has 6 heteroatoms. The second kappa shape index (κ2) is 6.84. The molecule has 0 amide bonds. The maximum Gasteiger partial charge on any atom is 0.255 e. The lowest BCUT2D eigenvalue weighted by Crippen LogP contribution is -2.28. The van der Waals surface area contributed by atoms with Crippen LogP contribution >= 0.6 is 0 Å². The van der Waals surface area contributed by atoms with Gasteiger partial charge in [0.25, 0.3) is 6.43 Å². The third-order valence-electron chi connectivity index (χ3n) is 2.94. The van der Waals surface area contributed by atoms with Crippen molar-refractivity contribution in [3.8, 4) is 0 Å². The molecule has 110 valence electrons. The molecular weight excluding hydrogens is 250 g/mol. The molecule has 0 bridgehead atoms. The van der Waals surface area contributed by atoms with Crippen LogP contribution in [0.4, 0.5) is 14.6 Å². The van der Waals surface area contributed by atoms with E-state index in [0.29, 0.717) is 12.5 Å². The van der Waals surface area contributed by atoms with Crippen molar-refractivity contribution in [2.45, 2.75) is 33.7 Å². The summed E-state index contributed by atoms with van der Waals surface area (Å²) in [5.41, 5.74) is 1.88. The van der Waals surface area contributed by atoms with E-state index < -0.39 is 6.43 Å². The summed E-state index contributed by atoms with van der Waals surface area (Å²) in [6.45, 7) is 7.44. The predicted molar refractivity (Wildman–Crippen MR) is 73.8 cm³/mol. The Bertz CT molecular complexity index is 402. The van der Waals surface area contributed by atoms with Crippen molar-refractivity contribution in [3.63, 3.8) is 0 Å². The van der Waals surface area contributed by atoms with Gasteiger partial charge in [0.05, 0.1) is 12.2 Å². The summed E-state index contributed by atoms with van der Waals surface area (Å²) >= 11 is 0. The summed E-state index contributed by atoms with van der Waals surface area (Å²) in [6, 6.07) is 0. The molecule has 0 spiro atoms. The van der Waals surface area contributed by atoms with Crippen LogP contribution in [0, 0.1) is 12.8 Å². The van der Waals surface area contributed by atoms with Crippen LogP contribution in [0.2, 0.25) is 0 Å². The monoisotopic (exact) mass is 274 g/mol. The molecule has 0 saturated carbocycles. The van der Waals surface area contributed by atoms with E-state index in [9.17, 15) is 8.78 Å². The van der Waals surface area contributed by atoms with E-state index in [-0.39, 0.29) is 6.54 Å². The van der Waals surface area contributed by atoms with Gasteiger partial charge in [0, 0.05) is 26.2 Å². The topological polar surface area (TPSA) is 33.1 Å². The Morgan fingerprint density at radius 3 is 2.53 bits per heavy atom. The lowest BCUT2D eigenvalue weighted by Gasteiger charge is -2.21. The number of alkyl halides is 2. The quantitative estimate of drug-likeness (QED) is 0.827. The van der Waals surface area contributed by atoms with Gasteiger partial charge in [-0.3, -0.25) is 4.68 Å². The Labute approximate surface area is 113 Å². The van der Waals surface area contributed by atoms with E-state index in [2.05, 4.69) is 24.3 Å². The van der Waals surface area contributed by atoms with E-state index in [1.54, 1.807) is 23.7 Å². The Morgan fingerprint density at radius 2 is 2.00 bits per heavy atom. The molecule has 19 heavy (non-hydrogen) atoms. The van der Waals surface area contributed by atoms with E-state index in [0.717, 1.165) is 23.6 Å². The molecule has 0 aliphatic rings. The van der Waals surface area contributed by atoms with Crippen molar-refractivity contribution >= 4 is 5.82 Å². The highest BCUT2D eigenvalue weighted by atomic mass is 19.3. The van der Waals surface area contributed by atoms with Gasteiger partial charge in [0.2, 0.25) is 0 Å². The molecule has 0 aliphatic carbocycles. The Hall–Kier alpha value is -1.17. The lowest BCUT2D eigenvalue weighted by molar-refractivity contribution is 0.156. The molecule has 4 nitrogen and oxygen atoms in total. The molecule has 1 heterocycles. The molecule has 0 saturated heterocycles. The summed E-state index contributed by atoms with van der Waals surface area (Å²) in [7, 11) is 3.46. The van der Waals surface area contributed by atoms with Crippen LogP contribution in [0.1, 0.15) is 25.1 Å². The van der Waals surface area contributed by atoms with Crippen LogP contribution in [0.25, 0.3) is 0 Å². The SMILES string of the molecule is Cc1nn(C)c(N(C)CC(F)F)c1CNCC(C)C. The third kappa shape index (κ3) is 4.45. The first-order valence-corrected chi connectivity index (χ1v) is 6.55. The van der Waals surface area contributed by atoms with Gasteiger partial charge in [-0.1, -0.05) is 13.8 Å². The zero-order valence-electron chi connectivity index (χ0n) is 12.4. The highest BCUT2D eigenvalue weighted by molar-refractivity contribution is 5.49. The molecular formula is C13H24F2N4. The van der Waals surface area contributed by atoms with Crippen molar-refractivity contribution in [2.24, 2.45) is 13.0 Å². The molecule has 1 aromatic heterocycles. The average molecular weight is 274 g/mol. The normalized spacial score (nSPS) is 11.6. The Kier molecular flexibility index (Phi) is 5.72. The number of rotatable bonds is 7. The van der Waals surface area contributed by atoms with Crippen molar-refractivity contribution < 1.29 is 8.78 Å². The van der Waals surface area contributed by atoms with Crippen molar-refractivity contribution in [1.82, 2.24) is 15.1 Å². The number of nitrogens with zero attached hydrogens (tertiary/aromatic N) is 3. The van der Waals surface area contributed by atoms with Gasteiger partial charge in [-0.05, 0) is 19.4 Å². The molecule has 0 fully saturated rings. The summed E-state index contributed by atoms with van der Waals surface area (Å²) in [5.74, 6) is 1.31. The van der Waals surface area contributed by atoms with Crippen LogP contribution in [-0.2, 0) is 13.6 Å². The van der Waals surface area contributed by atoms with Crippen LogP contribution in [-0.4, -0.2) is 36.3 Å². The fraction of sp³-hybridized carbons (Fsp3) is 0.769. The van der Waals surface area contributed by atoms with Crippen molar-refractivity contribution in [2.75, 3.05) is 25.0 Å². The molecule has 0 unspecified atom stereocenters. The number of anilines is 1. The zero-order valence-corrected chi connectivity index (χ0v) is 12.4. The van der Waals surface area contributed by atoms with Gasteiger partial charge < -0.3 is 10.2 Å². The van der Waals surface area contributed by atoms with Gasteiger partial charge in [-0.15, -0.1) is 0 Å². The lowest BCUT2D eigenvalue weighted by atomic mass is 10.2. The summed E-state index contributed by atoms with van der Waals surface area (Å²) < 4.78 is 26.7. The second-order valence-corrected chi connectivity index (χ2v) is 5.31. The number of hydrogen-bond acceptors (Lipinski definition) is 3. The molecule has 1 N–H and O–H groups in total. The highest BCUT2D eigenvalue weighted by Crippen LogP contribution is 2.22. The van der Waals surface area contributed by atoms with Crippen LogP contribution in [0.3, 0.4) is 0 Å². The summed E-state index contributed by atoms with van der Waals surface area (Å²) in [6.07, 6.45) is -2.35. The molecule has 0 aromatic carbocycles. The second-order valence-electron chi connectivity index (χ2n) is 5.31. The minimum absolute atomic E-state index is 0.282. The van der Waals surface area contributed by atoms with Crippen molar-refractivity contribution in [1.29, 1.82) is 0 Å². The van der Waals surface area contributed by atoms with E-state index in [4.69, 9.17) is 0 Å². The minimum atomic E-state index is -2.35. The van der Waals surface area contributed by atoms with Crippen LogP contribution < -0.4 is 10.2 Å². The minimum Gasteiger partial charge on any atom is -0.354 e. The van der Waals surface area contributed by atoms with E-state index in [1.165, 1.54) is 0 Å². The number of aryl methyl sites for hydroxylation is 2. The first-order chi connectivity index (χ1) is 8.82. The van der Waals surface area contributed by atoms with Crippen LogP contribution in [0.15, 0.2) is 0 Å². The van der Waals surface area contributed by atoms with Gasteiger partial charge in [-0.25, -0.2) is 8.78 Å². The first kappa shape index (κ1) is 15.9. The van der Waals surface area contributed by atoms with Gasteiger partial charge in [-0.2, -0.15) is 5.10 Å². The van der Waals surface area contributed by atoms with Gasteiger partial charge in [0.1, 0.15) is 5.82 Å². The third-order valence-corrected chi connectivity index (χ3v) is 2.94. The average Bonchev–Trinajstić information content (AvgIpc) is 2.52. The smallest absolute Gasteiger partial charge is 0.255 e. The number of aromatic nitrogens is 2. The predicted octanol–water partition coefficient (Wildman–Crippen LogP) is 2.18. The molecule has 1 aromatic rings. The fourth-order valence-electron chi connectivity index (χ4n) is 2.15. The maximum absolute atomic E-state index is 12.5. The number of nitrogens with one attached hydrogen (secondary N) is 1. The van der Waals surface area contributed by atoms with Crippen LogP contribution in [0.5, 0.6) is 0 Å². The fourth-order valence-corrected chi connectivity index (χ4v) is 2.15. The van der Waals surface area contributed by atoms with Crippen molar-refractivity contribution in [3.05, 3.63) is 11.3 Å². The number of hydrogen-bond donors (Lipinski definition) is 1. The highest BCUT2D eigenvalue weighted by Gasteiger charge is 2.19. The summed E-state index contributed by atoms with van der Waals surface area (Å²) in [5, 5.41) is 7.66. The molecule has 0 radical (unpaired) electrons. The number of halogens is 2. The first-order valence-electron chi connectivity index (χ1n) is 6.55. The van der Waals surface area contributed by atoms with E-state index >= 15 is 0 Å². The molecule has 0 atom stereocenters. The van der Waals surface area contributed by atoms with Gasteiger partial charge >= 0.3 is 0 Å². The van der Waals surface area contributed by atoms with Gasteiger partial charge in [0.15, 0.2) is 0 Å². The molecule has 1 rings (SSSR count).